The molecule has 17 N–H and O–H groups in total. The summed E-state index contributed by atoms with van der Waals surface area (Å²) in [6, 6.07) is 4.89. The van der Waals surface area contributed by atoms with E-state index in [1.165, 1.54) is 0 Å². The molecule has 368 valence electrons. The first kappa shape index (κ1) is 49.7. The number of aliphatic hydroxyl groups excluding tert-OH is 14. The van der Waals surface area contributed by atoms with E-state index in [1.807, 2.05) is 0 Å². The number of benzene rings is 2. The fraction of sp³-hybridized carbons (Fsp3) is 0.615. The zero-order chi connectivity index (χ0) is 48.0. The highest BCUT2D eigenvalue weighted by molar-refractivity contribution is 5.88. The minimum absolute atomic E-state index is 0.191. The first-order chi connectivity index (χ1) is 31.3. The van der Waals surface area contributed by atoms with Crippen LogP contribution in [0.25, 0.3) is 22.3 Å². The molecule has 0 aliphatic carbocycles. The van der Waals surface area contributed by atoms with E-state index in [0.29, 0.717) is 0 Å². The lowest BCUT2D eigenvalue weighted by Crippen LogP contribution is -2.65. The van der Waals surface area contributed by atoms with Gasteiger partial charge in [0.05, 0.1) is 26.4 Å². The second kappa shape index (κ2) is 20.2. The largest absolute Gasteiger partial charge is 0.507 e. The third-order valence-electron chi connectivity index (χ3n) is 11.6. The number of hydrogen-bond donors (Lipinski definition) is 17. The topological polar surface area (TPSA) is 448 Å². The van der Waals surface area contributed by atoms with Crippen molar-refractivity contribution < 1.29 is 129 Å². The van der Waals surface area contributed by atoms with Gasteiger partial charge in [-0.1, -0.05) is 0 Å². The van der Waals surface area contributed by atoms with Crippen molar-refractivity contribution in [2.75, 3.05) is 26.4 Å². The van der Waals surface area contributed by atoms with Crippen LogP contribution in [0.3, 0.4) is 0 Å². The summed E-state index contributed by atoms with van der Waals surface area (Å²) in [5, 5.41) is 176. The average Bonchev–Trinajstić information content (AvgIpc) is 3.29. The van der Waals surface area contributed by atoms with Crippen LogP contribution in [0.4, 0.5) is 0 Å². The lowest BCUT2D eigenvalue weighted by molar-refractivity contribution is -0.352. The quantitative estimate of drug-likeness (QED) is 0.0708. The molecule has 5 heterocycles. The van der Waals surface area contributed by atoms with Crippen LogP contribution in [-0.4, -0.2) is 236 Å². The maximum atomic E-state index is 14.3. The summed E-state index contributed by atoms with van der Waals surface area (Å²) in [6.07, 6.45) is -36.6. The van der Waals surface area contributed by atoms with Crippen molar-refractivity contribution in [3.8, 4) is 40.1 Å². The van der Waals surface area contributed by atoms with Crippen LogP contribution in [0.5, 0.6) is 28.7 Å². The molecule has 0 saturated carbocycles. The molecule has 0 spiro atoms. The minimum atomic E-state index is -2.18. The Balaban J connectivity index is 1.16. The molecule has 27 nitrogen and oxygen atoms in total. The minimum Gasteiger partial charge on any atom is -0.507 e. The molecule has 3 aromatic rings. The third kappa shape index (κ3) is 9.36. The molecule has 4 fully saturated rings. The van der Waals surface area contributed by atoms with E-state index >= 15 is 0 Å². The predicted molar refractivity (Wildman–Crippen MR) is 207 cm³/mol. The summed E-state index contributed by atoms with van der Waals surface area (Å²) >= 11 is 0. The summed E-state index contributed by atoms with van der Waals surface area (Å²) in [4.78, 5) is 14.3. The van der Waals surface area contributed by atoms with Gasteiger partial charge in [0.15, 0.2) is 29.8 Å². The van der Waals surface area contributed by atoms with Gasteiger partial charge in [0.1, 0.15) is 120 Å². The Bertz CT molecular complexity index is 2180. The first-order valence-electron chi connectivity index (χ1n) is 20.2. The number of aliphatic hydroxyl groups is 14. The monoisotopic (exact) mass is 950 g/mol. The van der Waals surface area contributed by atoms with Gasteiger partial charge in [-0.2, -0.15) is 0 Å². The Morgan fingerprint density at radius 2 is 0.924 bits per heavy atom. The summed E-state index contributed by atoms with van der Waals surface area (Å²) < 4.78 is 50.5. The van der Waals surface area contributed by atoms with E-state index < -0.39 is 200 Å². The molecular weight excluding hydrogens is 900 g/mol. The summed E-state index contributed by atoms with van der Waals surface area (Å²) in [5.74, 6) is -4.08. The summed E-state index contributed by atoms with van der Waals surface area (Å²) in [7, 11) is 0. The van der Waals surface area contributed by atoms with Gasteiger partial charge in [0, 0.05) is 17.7 Å². The van der Waals surface area contributed by atoms with Crippen molar-refractivity contribution in [1.82, 2.24) is 0 Å². The number of hydrogen-bond acceptors (Lipinski definition) is 27. The molecule has 66 heavy (non-hydrogen) atoms. The van der Waals surface area contributed by atoms with Gasteiger partial charge in [-0.15, -0.1) is 0 Å². The van der Waals surface area contributed by atoms with Crippen molar-refractivity contribution in [3.05, 3.63) is 40.6 Å². The fourth-order valence-electron chi connectivity index (χ4n) is 7.84. The van der Waals surface area contributed by atoms with Crippen LogP contribution >= 0.6 is 0 Å². The lowest BCUT2D eigenvalue weighted by atomic mass is 9.97. The van der Waals surface area contributed by atoms with Crippen molar-refractivity contribution in [2.24, 2.45) is 0 Å². The van der Waals surface area contributed by atoms with E-state index in [1.54, 1.807) is 0 Å². The zero-order valence-electron chi connectivity index (χ0n) is 33.9. The van der Waals surface area contributed by atoms with E-state index in [2.05, 4.69) is 0 Å². The van der Waals surface area contributed by atoms with Gasteiger partial charge < -0.3 is 129 Å². The smallest absolute Gasteiger partial charge is 0.239 e. The number of rotatable bonds is 13. The number of aromatic hydroxyl groups is 3. The molecule has 2 aromatic carbocycles. The Labute approximate surface area is 369 Å². The molecule has 27 heteroatoms. The molecule has 1 aromatic heterocycles. The van der Waals surface area contributed by atoms with Gasteiger partial charge in [0.25, 0.3) is 0 Å². The molecule has 0 bridgehead atoms. The van der Waals surface area contributed by atoms with Crippen molar-refractivity contribution in [2.45, 2.75) is 123 Å². The van der Waals surface area contributed by atoms with Crippen molar-refractivity contribution >= 4 is 11.0 Å². The van der Waals surface area contributed by atoms with E-state index in [4.69, 9.17) is 42.3 Å². The number of phenols is 3. The molecule has 4 saturated heterocycles. The second-order valence-electron chi connectivity index (χ2n) is 15.9. The average molecular weight is 951 g/mol. The van der Waals surface area contributed by atoms with Gasteiger partial charge in [0.2, 0.25) is 23.8 Å². The molecule has 0 unspecified atom stereocenters. The number of fused-ring (bicyclic) bond motifs is 1. The maximum Gasteiger partial charge on any atom is 0.239 e. The SMILES string of the molecule is O=c1c(O[C@@H]2O[C@H](CO)[C@@H](O[C@@H]3O[C@H](CO)[C@@H](O)[C@H](O)[C@H]3O)[C@H](O)[C@H]2O)c(-c2ccc(O)c(O)c2)oc2cc(O[C@@H]3O[C@H](CO)[C@@H](O[C@@H]4O[C@H](CO)[C@@H](O)[C@H](O)[C@H]4O)[C@H](O)[C@H]3O)cc(O)c12. The Morgan fingerprint density at radius 1 is 0.470 bits per heavy atom. The van der Waals surface area contributed by atoms with Gasteiger partial charge in [-0.05, 0) is 18.2 Å². The molecule has 0 amide bonds. The van der Waals surface area contributed by atoms with Gasteiger partial charge >= 0.3 is 0 Å². The normalized spacial score (nSPS) is 39.7. The van der Waals surface area contributed by atoms with Crippen LogP contribution in [0.15, 0.2) is 39.5 Å². The molecule has 0 radical (unpaired) electrons. The predicted octanol–water partition coefficient (Wildman–Crippen LogP) is -7.42. The third-order valence-corrected chi connectivity index (χ3v) is 11.6. The van der Waals surface area contributed by atoms with Crippen LogP contribution in [0.2, 0.25) is 0 Å². The first-order valence-corrected chi connectivity index (χ1v) is 20.2. The molecule has 7 rings (SSSR count). The second-order valence-corrected chi connectivity index (χ2v) is 15.9. The molecule has 4 aliphatic rings. The van der Waals surface area contributed by atoms with Gasteiger partial charge in [-0.3, -0.25) is 4.79 Å². The number of phenolic OH excluding ortho intramolecular Hbond substituents is 3. The highest BCUT2D eigenvalue weighted by atomic mass is 16.8. The van der Waals surface area contributed by atoms with E-state index in [9.17, 15) is 91.6 Å². The molecular formula is C39H50O27. The number of ether oxygens (including phenoxy) is 8. The van der Waals surface area contributed by atoms with Crippen molar-refractivity contribution in [3.63, 3.8) is 0 Å². The fourth-order valence-corrected chi connectivity index (χ4v) is 7.84. The Morgan fingerprint density at radius 3 is 1.39 bits per heavy atom. The standard InChI is InChI=1S/C39H50O27/c40-6-16-21(47)24(50)28(54)37(60-16)64-33-18(8-42)62-36(30(56)26(33)52)58-11-4-14(46)20-15(5-11)59-32(10-1-2-12(44)13(45)3-10)35(23(20)49)66-39-31(57)27(53)34(19(9-43)63-39)65-38-29(55)25(51)22(48)17(7-41)61-38/h1-5,16-19,21-22,24-31,33-34,36-48,50-57H,6-9H2/t16-,17-,18-,19-,21-,22-,24+,25+,26-,27-,28-,29-,30-,31-,33-,34-,36-,37+,38+,39+/m1/s1. The van der Waals surface area contributed by atoms with Crippen LogP contribution in [0, 0.1) is 0 Å². The van der Waals surface area contributed by atoms with E-state index in [0.717, 1.165) is 30.3 Å². The Hall–Kier alpha value is -4.15. The van der Waals surface area contributed by atoms with E-state index in [-0.39, 0.29) is 5.56 Å². The zero-order valence-corrected chi connectivity index (χ0v) is 33.9. The Kier molecular flexibility index (Phi) is 15.2. The van der Waals surface area contributed by atoms with Crippen LogP contribution < -0.4 is 14.9 Å². The molecule has 20 atom stereocenters. The lowest BCUT2D eigenvalue weighted by Gasteiger charge is -2.45. The van der Waals surface area contributed by atoms with Crippen LogP contribution in [-0.2, 0) is 28.4 Å². The van der Waals surface area contributed by atoms with Gasteiger partial charge in [-0.25, -0.2) is 0 Å². The maximum absolute atomic E-state index is 14.3. The molecule has 4 aliphatic heterocycles. The van der Waals surface area contributed by atoms with Crippen LogP contribution in [0.1, 0.15) is 0 Å². The summed E-state index contributed by atoms with van der Waals surface area (Å²) in [5.41, 5.74) is -1.89. The highest BCUT2D eigenvalue weighted by Crippen LogP contribution is 2.41. The van der Waals surface area contributed by atoms with Crippen molar-refractivity contribution in [1.29, 1.82) is 0 Å². The summed E-state index contributed by atoms with van der Waals surface area (Å²) in [6.45, 7) is -3.55. The highest BCUT2D eigenvalue weighted by Gasteiger charge is 2.53.